The number of nitrogens with one attached hydrogen (secondary N) is 1. The molecule has 1 aliphatic rings. The highest BCUT2D eigenvalue weighted by Crippen LogP contribution is 2.20. The summed E-state index contributed by atoms with van der Waals surface area (Å²) >= 11 is 0. The lowest BCUT2D eigenvalue weighted by Gasteiger charge is -2.20. The van der Waals surface area contributed by atoms with Gasteiger partial charge in [-0.3, -0.25) is 0 Å². The minimum atomic E-state index is -3.10. The van der Waals surface area contributed by atoms with E-state index in [1.165, 1.54) is 0 Å². The number of hydrogen-bond donors (Lipinski definition) is 1. The van der Waals surface area contributed by atoms with E-state index >= 15 is 0 Å². The van der Waals surface area contributed by atoms with Crippen molar-refractivity contribution in [3.63, 3.8) is 0 Å². The number of hydrogen-bond acceptors (Lipinski definition) is 3. The zero-order valence-corrected chi connectivity index (χ0v) is 12.1. The second-order valence-corrected chi connectivity index (χ2v) is 7.08. The Morgan fingerprint density at radius 3 is 2.53 bits per heavy atom. The summed E-state index contributed by atoms with van der Waals surface area (Å²) < 4.78 is 23.8. The zero-order chi connectivity index (χ0) is 13.7. The van der Waals surface area contributed by atoms with Gasteiger partial charge in [0.15, 0.2) is 9.84 Å². The molecule has 0 spiro atoms. The van der Waals surface area contributed by atoms with Crippen LogP contribution in [0.3, 0.4) is 0 Å². The number of sulfone groups is 1. The van der Waals surface area contributed by atoms with Gasteiger partial charge in [0.05, 0.1) is 10.6 Å². The molecule has 0 fully saturated rings. The quantitative estimate of drug-likeness (QED) is 0.840. The largest absolute Gasteiger partial charge is 0.382 e. The minimum Gasteiger partial charge on any atom is -0.382 e. The van der Waals surface area contributed by atoms with E-state index in [-0.39, 0.29) is 5.75 Å². The third kappa shape index (κ3) is 3.83. The molecule has 0 amide bonds. The summed E-state index contributed by atoms with van der Waals surface area (Å²) in [5, 5.41) is 3.45. The summed E-state index contributed by atoms with van der Waals surface area (Å²) in [6.45, 7) is 1.88. The maximum Gasteiger partial charge on any atom is 0.178 e. The van der Waals surface area contributed by atoms with Crippen LogP contribution in [-0.2, 0) is 9.84 Å². The molecule has 0 saturated heterocycles. The van der Waals surface area contributed by atoms with Gasteiger partial charge in [-0.05, 0) is 49.9 Å². The fourth-order valence-corrected chi connectivity index (χ4v) is 3.63. The van der Waals surface area contributed by atoms with Crippen molar-refractivity contribution in [3.05, 3.63) is 36.4 Å². The minimum absolute atomic E-state index is 0.215. The first-order chi connectivity index (χ1) is 9.12. The molecular formula is C15H21NO2S. The smallest absolute Gasteiger partial charge is 0.178 e. The van der Waals surface area contributed by atoms with Crippen LogP contribution in [-0.4, -0.2) is 20.2 Å². The molecule has 0 aliphatic heterocycles. The van der Waals surface area contributed by atoms with Crippen LogP contribution in [0.5, 0.6) is 0 Å². The van der Waals surface area contributed by atoms with Gasteiger partial charge in [0, 0.05) is 11.7 Å². The first-order valence-corrected chi connectivity index (χ1v) is 8.51. The van der Waals surface area contributed by atoms with Crippen LogP contribution >= 0.6 is 0 Å². The molecule has 1 N–H and O–H groups in total. The van der Waals surface area contributed by atoms with Crippen molar-refractivity contribution in [2.45, 2.75) is 43.5 Å². The van der Waals surface area contributed by atoms with E-state index in [0.29, 0.717) is 17.4 Å². The third-order valence-electron chi connectivity index (χ3n) is 3.33. The van der Waals surface area contributed by atoms with Gasteiger partial charge < -0.3 is 5.32 Å². The highest BCUT2D eigenvalue weighted by Gasteiger charge is 2.13. The molecule has 104 valence electrons. The van der Waals surface area contributed by atoms with Crippen LogP contribution in [0.15, 0.2) is 41.3 Å². The molecule has 4 heteroatoms. The molecule has 1 aromatic rings. The van der Waals surface area contributed by atoms with Crippen molar-refractivity contribution in [3.8, 4) is 0 Å². The molecule has 0 heterocycles. The molecule has 0 bridgehead atoms. The summed E-state index contributed by atoms with van der Waals surface area (Å²) in [6.07, 6.45) is 8.33. The lowest BCUT2D eigenvalue weighted by molar-refractivity contribution is 0.594. The van der Waals surface area contributed by atoms with E-state index in [1.807, 2.05) is 19.1 Å². The van der Waals surface area contributed by atoms with E-state index in [1.54, 1.807) is 12.1 Å². The average Bonchev–Trinajstić information content (AvgIpc) is 2.40. The first kappa shape index (κ1) is 14.1. The van der Waals surface area contributed by atoms with Crippen LogP contribution in [0.25, 0.3) is 0 Å². The monoisotopic (exact) mass is 279 g/mol. The Morgan fingerprint density at radius 1 is 1.21 bits per heavy atom. The lowest BCUT2D eigenvalue weighted by atomic mass is 10.0. The normalized spacial score (nSPS) is 19.3. The van der Waals surface area contributed by atoms with Gasteiger partial charge in [-0.25, -0.2) is 8.42 Å². The van der Waals surface area contributed by atoms with Gasteiger partial charge in [0.2, 0.25) is 0 Å². The van der Waals surface area contributed by atoms with Crippen molar-refractivity contribution >= 4 is 15.5 Å². The van der Waals surface area contributed by atoms with Crippen LogP contribution in [0.2, 0.25) is 0 Å². The Morgan fingerprint density at radius 2 is 1.95 bits per heavy atom. The van der Waals surface area contributed by atoms with E-state index in [0.717, 1.165) is 24.9 Å². The van der Waals surface area contributed by atoms with E-state index in [2.05, 4.69) is 17.5 Å². The summed E-state index contributed by atoms with van der Waals surface area (Å²) in [4.78, 5) is 0.420. The fourth-order valence-electron chi connectivity index (χ4n) is 2.31. The van der Waals surface area contributed by atoms with Gasteiger partial charge in [-0.2, -0.15) is 0 Å². The molecule has 1 aromatic carbocycles. The predicted molar refractivity (Wildman–Crippen MR) is 79.2 cm³/mol. The Balaban J connectivity index is 2.04. The molecular weight excluding hydrogens is 258 g/mol. The number of anilines is 1. The Kier molecular flexibility index (Phi) is 4.64. The van der Waals surface area contributed by atoms with Gasteiger partial charge in [-0.15, -0.1) is 0 Å². The molecule has 0 radical (unpaired) electrons. The van der Waals surface area contributed by atoms with Crippen molar-refractivity contribution in [2.24, 2.45) is 0 Å². The van der Waals surface area contributed by atoms with Crippen LogP contribution in [0, 0.1) is 0 Å². The molecule has 3 nitrogen and oxygen atoms in total. The van der Waals surface area contributed by atoms with Crippen LogP contribution < -0.4 is 5.32 Å². The third-order valence-corrected chi connectivity index (χ3v) is 5.26. The molecule has 1 aliphatic carbocycles. The van der Waals surface area contributed by atoms with E-state index in [9.17, 15) is 8.42 Å². The molecule has 1 unspecified atom stereocenters. The fraction of sp³-hybridized carbons (Fsp3) is 0.467. The Hall–Kier alpha value is -1.29. The van der Waals surface area contributed by atoms with Crippen LogP contribution in [0.1, 0.15) is 32.6 Å². The number of rotatable bonds is 5. The molecule has 1 atom stereocenters. The van der Waals surface area contributed by atoms with Crippen molar-refractivity contribution in [1.82, 2.24) is 0 Å². The average molecular weight is 279 g/mol. The van der Waals surface area contributed by atoms with Crippen molar-refractivity contribution < 1.29 is 8.42 Å². The molecule has 0 saturated carbocycles. The SMILES string of the molecule is CCCS(=O)(=O)c1ccc(NC2CC=CCC2)cc1. The van der Waals surface area contributed by atoms with Gasteiger partial charge >= 0.3 is 0 Å². The number of benzene rings is 1. The van der Waals surface area contributed by atoms with Gasteiger partial charge in [0.1, 0.15) is 0 Å². The molecule has 2 rings (SSSR count). The maximum atomic E-state index is 11.9. The second kappa shape index (κ2) is 6.24. The first-order valence-electron chi connectivity index (χ1n) is 6.86. The highest BCUT2D eigenvalue weighted by molar-refractivity contribution is 7.91. The van der Waals surface area contributed by atoms with Gasteiger partial charge in [0.25, 0.3) is 0 Å². The van der Waals surface area contributed by atoms with Crippen LogP contribution in [0.4, 0.5) is 5.69 Å². The summed E-state index contributed by atoms with van der Waals surface area (Å²) in [6, 6.07) is 7.59. The van der Waals surface area contributed by atoms with Gasteiger partial charge in [-0.1, -0.05) is 19.1 Å². The Labute approximate surface area is 115 Å². The van der Waals surface area contributed by atoms with Crippen molar-refractivity contribution in [1.29, 1.82) is 0 Å². The van der Waals surface area contributed by atoms with Crippen molar-refractivity contribution in [2.75, 3.05) is 11.1 Å². The zero-order valence-electron chi connectivity index (χ0n) is 11.3. The highest BCUT2D eigenvalue weighted by atomic mass is 32.2. The maximum absolute atomic E-state index is 11.9. The summed E-state index contributed by atoms with van der Waals surface area (Å²) in [7, 11) is -3.10. The Bertz CT molecular complexity index is 532. The summed E-state index contributed by atoms with van der Waals surface area (Å²) in [5.74, 6) is 0.215. The lowest BCUT2D eigenvalue weighted by Crippen LogP contribution is -2.20. The van der Waals surface area contributed by atoms with E-state index in [4.69, 9.17) is 0 Å². The molecule has 19 heavy (non-hydrogen) atoms. The van der Waals surface area contributed by atoms with E-state index < -0.39 is 9.84 Å². The second-order valence-electron chi connectivity index (χ2n) is 4.97. The number of allylic oxidation sites excluding steroid dienone is 1. The molecule has 0 aromatic heterocycles. The standard InChI is InChI=1S/C15H21NO2S/c1-2-12-19(17,18)15-10-8-14(9-11-15)16-13-6-4-3-5-7-13/h3-4,8-11,13,16H,2,5-7,12H2,1H3. The summed E-state index contributed by atoms with van der Waals surface area (Å²) in [5.41, 5.74) is 0.996. The predicted octanol–water partition coefficient (Wildman–Crippen LogP) is 3.39. The topological polar surface area (TPSA) is 46.2 Å².